The minimum Gasteiger partial charge on any atom is -0.507 e. The number of aryl methyl sites for hydroxylation is 1. The highest BCUT2D eigenvalue weighted by Crippen LogP contribution is 2.46. The number of hydrogen-bond acceptors (Lipinski definition) is 6. The van der Waals surface area contributed by atoms with E-state index < -0.39 is 6.04 Å². The number of ether oxygens (including phenoxy) is 2. The number of fused-ring (bicyclic) bond motifs is 1. The zero-order valence-electron chi connectivity index (χ0n) is 19.9. The third-order valence-electron chi connectivity index (χ3n) is 6.06. The summed E-state index contributed by atoms with van der Waals surface area (Å²) in [7, 11) is 0. The standard InChI is InChI=1S/C27H27N3O5/c1-4-33-21-11-9-17(14-22(21)34-5-2)26-23-24(19-13-16(3)8-10-20(19)31)28-29-25(23)27(32)30(26)15-18-7-6-12-35-18/h6-14,26,31H,4-5,15H2,1-3H3,(H,28,29). The summed E-state index contributed by atoms with van der Waals surface area (Å²) < 4.78 is 17.2. The van der Waals surface area contributed by atoms with Crippen molar-refractivity contribution in [2.75, 3.05) is 13.2 Å². The molecule has 0 saturated heterocycles. The van der Waals surface area contributed by atoms with E-state index in [2.05, 4.69) is 10.2 Å². The zero-order valence-corrected chi connectivity index (χ0v) is 19.9. The molecule has 3 heterocycles. The number of H-pyrrole nitrogens is 1. The van der Waals surface area contributed by atoms with E-state index in [0.717, 1.165) is 11.1 Å². The first kappa shape index (κ1) is 22.6. The van der Waals surface area contributed by atoms with Crippen LogP contribution >= 0.6 is 0 Å². The largest absolute Gasteiger partial charge is 0.507 e. The van der Waals surface area contributed by atoms with Gasteiger partial charge in [0.25, 0.3) is 5.91 Å². The van der Waals surface area contributed by atoms with Gasteiger partial charge in [-0.05, 0) is 62.7 Å². The lowest BCUT2D eigenvalue weighted by molar-refractivity contribution is 0.0716. The van der Waals surface area contributed by atoms with Gasteiger partial charge in [-0.15, -0.1) is 0 Å². The molecule has 8 nitrogen and oxygen atoms in total. The van der Waals surface area contributed by atoms with Crippen molar-refractivity contribution in [1.82, 2.24) is 15.1 Å². The molecule has 2 aromatic carbocycles. The smallest absolute Gasteiger partial charge is 0.273 e. The van der Waals surface area contributed by atoms with Gasteiger partial charge in [0.15, 0.2) is 11.5 Å². The fraction of sp³-hybridized carbons (Fsp3) is 0.259. The average molecular weight is 474 g/mol. The number of phenolic OH excluding ortho intramolecular Hbond substituents is 1. The summed E-state index contributed by atoms with van der Waals surface area (Å²) in [6, 6.07) is 14.2. The maximum atomic E-state index is 13.6. The summed E-state index contributed by atoms with van der Waals surface area (Å²) in [5, 5.41) is 18.0. The van der Waals surface area contributed by atoms with Crippen LogP contribution in [0.4, 0.5) is 0 Å². The molecule has 1 aliphatic rings. The number of rotatable bonds is 8. The van der Waals surface area contributed by atoms with Crippen molar-refractivity contribution in [3.63, 3.8) is 0 Å². The van der Waals surface area contributed by atoms with Crippen LogP contribution in [0, 0.1) is 6.92 Å². The third kappa shape index (κ3) is 4.01. The highest BCUT2D eigenvalue weighted by atomic mass is 16.5. The van der Waals surface area contributed by atoms with Gasteiger partial charge >= 0.3 is 0 Å². The third-order valence-corrected chi connectivity index (χ3v) is 6.06. The minimum absolute atomic E-state index is 0.0993. The summed E-state index contributed by atoms with van der Waals surface area (Å²) in [6.07, 6.45) is 1.59. The summed E-state index contributed by atoms with van der Waals surface area (Å²) >= 11 is 0. The zero-order chi connectivity index (χ0) is 24.5. The molecule has 8 heteroatoms. The van der Waals surface area contributed by atoms with E-state index in [1.165, 1.54) is 0 Å². The average Bonchev–Trinajstić information content (AvgIpc) is 3.57. The van der Waals surface area contributed by atoms with E-state index in [4.69, 9.17) is 13.9 Å². The highest BCUT2D eigenvalue weighted by Gasteiger charge is 2.43. The Hall–Kier alpha value is -4.20. The molecule has 0 spiro atoms. The second-order valence-electron chi connectivity index (χ2n) is 8.37. The predicted octanol–water partition coefficient (Wildman–Crippen LogP) is 5.23. The molecular weight excluding hydrogens is 446 g/mol. The van der Waals surface area contributed by atoms with Crippen molar-refractivity contribution < 1.29 is 23.8 Å². The van der Waals surface area contributed by atoms with E-state index in [-0.39, 0.29) is 18.2 Å². The number of hydrogen-bond donors (Lipinski definition) is 2. The molecule has 35 heavy (non-hydrogen) atoms. The topological polar surface area (TPSA) is 101 Å². The number of aromatic nitrogens is 2. The first-order chi connectivity index (χ1) is 17.0. The highest BCUT2D eigenvalue weighted by molar-refractivity contribution is 6.00. The van der Waals surface area contributed by atoms with Gasteiger partial charge in [0, 0.05) is 11.1 Å². The van der Waals surface area contributed by atoms with Crippen LogP contribution in [-0.2, 0) is 6.54 Å². The number of amides is 1. The van der Waals surface area contributed by atoms with Crippen LogP contribution in [0.5, 0.6) is 17.2 Å². The van der Waals surface area contributed by atoms with Crippen molar-refractivity contribution in [2.45, 2.75) is 33.4 Å². The molecular formula is C27H27N3O5. The maximum Gasteiger partial charge on any atom is 0.273 e. The first-order valence-corrected chi connectivity index (χ1v) is 11.6. The molecule has 1 amide bonds. The van der Waals surface area contributed by atoms with E-state index >= 15 is 0 Å². The lowest BCUT2D eigenvalue weighted by Gasteiger charge is -2.26. The SMILES string of the molecule is CCOc1ccc(C2c3c(-c4cc(C)ccc4O)n[nH]c3C(=O)N2Cc2ccco2)cc1OCC. The van der Waals surface area contributed by atoms with Crippen molar-refractivity contribution in [3.8, 4) is 28.5 Å². The van der Waals surface area contributed by atoms with Gasteiger partial charge in [-0.3, -0.25) is 9.89 Å². The Morgan fingerprint density at radius 2 is 1.89 bits per heavy atom. The number of nitrogens with one attached hydrogen (secondary N) is 1. The second kappa shape index (κ2) is 9.21. The maximum absolute atomic E-state index is 13.6. The van der Waals surface area contributed by atoms with Crippen LogP contribution in [0.1, 0.15) is 52.8 Å². The quantitative estimate of drug-likeness (QED) is 0.364. The molecule has 1 atom stereocenters. The van der Waals surface area contributed by atoms with Crippen molar-refractivity contribution in [2.24, 2.45) is 0 Å². The molecule has 0 aliphatic carbocycles. The van der Waals surface area contributed by atoms with Crippen LogP contribution in [0.3, 0.4) is 0 Å². The number of phenols is 1. The molecule has 5 rings (SSSR count). The summed E-state index contributed by atoms with van der Waals surface area (Å²) in [6.45, 7) is 7.04. The first-order valence-electron chi connectivity index (χ1n) is 11.6. The second-order valence-corrected chi connectivity index (χ2v) is 8.37. The molecule has 1 unspecified atom stereocenters. The fourth-order valence-electron chi connectivity index (χ4n) is 4.56. The van der Waals surface area contributed by atoms with Crippen molar-refractivity contribution >= 4 is 5.91 Å². The molecule has 0 fully saturated rings. The number of benzene rings is 2. The molecule has 0 bridgehead atoms. The Labute approximate surface area is 203 Å². The molecule has 4 aromatic rings. The number of aromatic amines is 1. The monoisotopic (exact) mass is 473 g/mol. The van der Waals surface area contributed by atoms with Crippen LogP contribution in [0.25, 0.3) is 11.3 Å². The molecule has 1 aliphatic heterocycles. The van der Waals surface area contributed by atoms with Gasteiger partial charge in [0.1, 0.15) is 22.9 Å². The normalized spacial score (nSPS) is 14.9. The van der Waals surface area contributed by atoms with Gasteiger partial charge in [-0.1, -0.05) is 17.7 Å². The van der Waals surface area contributed by atoms with E-state index in [9.17, 15) is 9.90 Å². The molecule has 2 N–H and O–H groups in total. The van der Waals surface area contributed by atoms with E-state index in [0.29, 0.717) is 53.0 Å². The van der Waals surface area contributed by atoms with E-state index in [1.54, 1.807) is 23.3 Å². The number of aromatic hydroxyl groups is 1. The van der Waals surface area contributed by atoms with Gasteiger partial charge in [0.2, 0.25) is 0 Å². The van der Waals surface area contributed by atoms with Crippen molar-refractivity contribution in [3.05, 3.63) is 82.9 Å². The van der Waals surface area contributed by atoms with Crippen LogP contribution < -0.4 is 9.47 Å². The Bertz CT molecular complexity index is 1360. The van der Waals surface area contributed by atoms with Gasteiger partial charge < -0.3 is 23.9 Å². The van der Waals surface area contributed by atoms with E-state index in [1.807, 2.05) is 57.2 Å². The number of carbonyl (C=O) groups excluding carboxylic acids is 1. The van der Waals surface area contributed by atoms with Gasteiger partial charge in [0.05, 0.1) is 32.1 Å². The van der Waals surface area contributed by atoms with Gasteiger partial charge in [-0.2, -0.15) is 5.10 Å². The van der Waals surface area contributed by atoms with Crippen LogP contribution in [-0.4, -0.2) is 39.3 Å². The summed E-state index contributed by atoms with van der Waals surface area (Å²) in [5.74, 6) is 1.82. The van der Waals surface area contributed by atoms with Gasteiger partial charge in [-0.25, -0.2) is 0 Å². The summed E-state index contributed by atoms with van der Waals surface area (Å²) in [5.41, 5.74) is 4.01. The Balaban J connectivity index is 1.68. The number of carbonyl (C=O) groups is 1. The van der Waals surface area contributed by atoms with Crippen LogP contribution in [0.2, 0.25) is 0 Å². The Kier molecular flexibility index (Phi) is 5.94. The number of nitrogens with zero attached hydrogens (tertiary/aromatic N) is 2. The fourth-order valence-corrected chi connectivity index (χ4v) is 4.56. The van der Waals surface area contributed by atoms with Crippen LogP contribution in [0.15, 0.2) is 59.2 Å². The van der Waals surface area contributed by atoms with Crippen molar-refractivity contribution in [1.29, 1.82) is 0 Å². The lowest BCUT2D eigenvalue weighted by atomic mass is 9.94. The predicted molar refractivity (Wildman–Crippen MR) is 130 cm³/mol. The Morgan fingerprint density at radius 3 is 2.63 bits per heavy atom. The minimum atomic E-state index is -0.480. The Morgan fingerprint density at radius 1 is 1.09 bits per heavy atom. The molecule has 180 valence electrons. The number of furan rings is 1. The molecule has 0 radical (unpaired) electrons. The molecule has 0 saturated carbocycles. The lowest BCUT2D eigenvalue weighted by Crippen LogP contribution is -2.29. The molecule has 2 aromatic heterocycles. The summed E-state index contributed by atoms with van der Waals surface area (Å²) in [4.78, 5) is 15.3.